The van der Waals surface area contributed by atoms with Crippen molar-refractivity contribution in [1.82, 2.24) is 19.5 Å². The van der Waals surface area contributed by atoms with Gasteiger partial charge in [-0.15, -0.1) is 5.10 Å². The molecule has 1 heterocycles. The molecule has 8 heteroatoms. The molecule has 1 atom stereocenters. The topological polar surface area (TPSA) is 86.1 Å². The van der Waals surface area contributed by atoms with Crippen LogP contribution in [-0.2, 0) is 16.6 Å². The lowest BCUT2D eigenvalue weighted by atomic mass is 10.3. The van der Waals surface area contributed by atoms with Crippen LogP contribution in [0.3, 0.4) is 0 Å². The molecule has 0 aliphatic heterocycles. The summed E-state index contributed by atoms with van der Waals surface area (Å²) in [6, 6.07) is -0.0639. The standard InChI is InChI=1S/C8H16N4O3S/c1-5-12-7(9-10-8(12)15-3)6(2)11-16(4,13)14/h6,11H,5H2,1-4H3/t6-/m1/s1. The maximum absolute atomic E-state index is 11.1. The van der Waals surface area contributed by atoms with Crippen molar-refractivity contribution in [1.29, 1.82) is 0 Å². The highest BCUT2D eigenvalue weighted by molar-refractivity contribution is 7.88. The first-order valence-electron chi connectivity index (χ1n) is 4.83. The molecule has 0 saturated heterocycles. The highest BCUT2D eigenvalue weighted by Gasteiger charge is 2.19. The minimum absolute atomic E-state index is 0.375. The van der Waals surface area contributed by atoms with E-state index in [0.717, 1.165) is 6.26 Å². The van der Waals surface area contributed by atoms with Gasteiger partial charge in [0.25, 0.3) is 0 Å². The van der Waals surface area contributed by atoms with Crippen LogP contribution < -0.4 is 9.46 Å². The van der Waals surface area contributed by atoms with Gasteiger partial charge in [-0.2, -0.15) is 0 Å². The van der Waals surface area contributed by atoms with Crippen LogP contribution in [-0.4, -0.2) is 36.5 Å². The van der Waals surface area contributed by atoms with Crippen molar-refractivity contribution < 1.29 is 13.2 Å². The fourth-order valence-corrected chi connectivity index (χ4v) is 2.19. The Hall–Kier alpha value is -1.15. The van der Waals surface area contributed by atoms with Gasteiger partial charge < -0.3 is 4.74 Å². The van der Waals surface area contributed by atoms with Gasteiger partial charge in [-0.25, -0.2) is 13.1 Å². The van der Waals surface area contributed by atoms with E-state index >= 15 is 0 Å². The molecule has 0 radical (unpaired) electrons. The summed E-state index contributed by atoms with van der Waals surface area (Å²) in [6.07, 6.45) is 1.10. The van der Waals surface area contributed by atoms with E-state index in [1.807, 2.05) is 6.92 Å². The monoisotopic (exact) mass is 248 g/mol. The van der Waals surface area contributed by atoms with Gasteiger partial charge in [-0.05, 0) is 13.8 Å². The zero-order valence-corrected chi connectivity index (χ0v) is 10.6. The number of hydrogen-bond acceptors (Lipinski definition) is 5. The first-order valence-corrected chi connectivity index (χ1v) is 6.72. The van der Waals surface area contributed by atoms with Crippen molar-refractivity contribution in [3.8, 4) is 6.01 Å². The van der Waals surface area contributed by atoms with E-state index in [1.165, 1.54) is 7.11 Å². The van der Waals surface area contributed by atoms with Gasteiger partial charge in [0.15, 0.2) is 5.82 Å². The van der Waals surface area contributed by atoms with Gasteiger partial charge in [-0.3, -0.25) is 4.57 Å². The first-order chi connectivity index (χ1) is 7.39. The summed E-state index contributed by atoms with van der Waals surface area (Å²) >= 11 is 0. The molecule has 0 fully saturated rings. The molecule has 0 amide bonds. The Kier molecular flexibility index (Phi) is 3.87. The Balaban J connectivity index is 2.99. The highest BCUT2D eigenvalue weighted by atomic mass is 32.2. The average Bonchev–Trinajstić information content (AvgIpc) is 2.57. The van der Waals surface area contributed by atoms with E-state index in [-0.39, 0.29) is 0 Å². The molecule has 1 rings (SSSR count). The lowest BCUT2D eigenvalue weighted by Gasteiger charge is -2.12. The molecule has 0 aliphatic rings. The molecule has 0 aromatic carbocycles. The Morgan fingerprint density at radius 2 is 2.12 bits per heavy atom. The SMILES string of the molecule is CCn1c(OC)nnc1[C@@H](C)NS(C)(=O)=O. The molecule has 0 unspecified atom stereocenters. The Bertz CT molecular complexity index is 454. The van der Waals surface area contributed by atoms with E-state index in [0.29, 0.717) is 18.4 Å². The molecule has 1 aromatic rings. The van der Waals surface area contributed by atoms with Crippen LogP contribution in [0.15, 0.2) is 0 Å². The average molecular weight is 248 g/mol. The normalized spacial score (nSPS) is 13.8. The van der Waals surface area contributed by atoms with Gasteiger partial charge in [0.1, 0.15) is 0 Å². The van der Waals surface area contributed by atoms with Gasteiger partial charge in [-0.1, -0.05) is 5.10 Å². The third-order valence-electron chi connectivity index (χ3n) is 2.02. The third-order valence-corrected chi connectivity index (χ3v) is 2.80. The number of nitrogens with one attached hydrogen (secondary N) is 1. The van der Waals surface area contributed by atoms with Crippen molar-refractivity contribution in [2.24, 2.45) is 0 Å². The maximum atomic E-state index is 11.1. The molecule has 0 spiro atoms. The zero-order valence-electron chi connectivity index (χ0n) is 9.76. The largest absolute Gasteiger partial charge is 0.467 e. The molecule has 0 aliphatic carbocycles. The van der Waals surface area contributed by atoms with Crippen LogP contribution in [0.25, 0.3) is 0 Å². The summed E-state index contributed by atoms with van der Waals surface area (Å²) in [4.78, 5) is 0. The lowest BCUT2D eigenvalue weighted by Crippen LogP contribution is -2.27. The van der Waals surface area contributed by atoms with Crippen molar-refractivity contribution in [2.45, 2.75) is 26.4 Å². The second-order valence-corrected chi connectivity index (χ2v) is 5.18. The summed E-state index contributed by atoms with van der Waals surface area (Å²) in [5.41, 5.74) is 0. The summed E-state index contributed by atoms with van der Waals surface area (Å²) in [7, 11) is -1.77. The smallest absolute Gasteiger partial charge is 0.316 e. The van der Waals surface area contributed by atoms with Crippen molar-refractivity contribution >= 4 is 10.0 Å². The van der Waals surface area contributed by atoms with Crippen molar-refractivity contribution in [2.75, 3.05) is 13.4 Å². The van der Waals surface area contributed by atoms with Crippen LogP contribution in [0.5, 0.6) is 6.01 Å². The molecule has 7 nitrogen and oxygen atoms in total. The van der Waals surface area contributed by atoms with Crippen LogP contribution in [0.4, 0.5) is 0 Å². The van der Waals surface area contributed by atoms with Gasteiger partial charge in [0, 0.05) is 6.54 Å². The summed E-state index contributed by atoms with van der Waals surface area (Å²) in [6.45, 7) is 4.22. The summed E-state index contributed by atoms with van der Waals surface area (Å²) in [5, 5.41) is 7.72. The predicted octanol–water partition coefficient (Wildman–Crippen LogP) is -0.0832. The van der Waals surface area contributed by atoms with E-state index in [2.05, 4.69) is 14.9 Å². The van der Waals surface area contributed by atoms with E-state index in [9.17, 15) is 8.42 Å². The quantitative estimate of drug-likeness (QED) is 0.787. The van der Waals surface area contributed by atoms with E-state index in [1.54, 1.807) is 11.5 Å². The maximum Gasteiger partial charge on any atom is 0.316 e. The fraction of sp³-hybridized carbons (Fsp3) is 0.750. The minimum atomic E-state index is -3.27. The van der Waals surface area contributed by atoms with Crippen LogP contribution in [0.2, 0.25) is 0 Å². The molecule has 1 aromatic heterocycles. The number of methoxy groups -OCH3 is 1. The molecule has 16 heavy (non-hydrogen) atoms. The van der Waals surface area contributed by atoms with E-state index < -0.39 is 16.1 Å². The summed E-state index contributed by atoms with van der Waals surface area (Å²) in [5.74, 6) is 0.532. The van der Waals surface area contributed by atoms with Crippen LogP contribution >= 0.6 is 0 Å². The number of nitrogens with zero attached hydrogens (tertiary/aromatic N) is 3. The molecule has 0 saturated carbocycles. The lowest BCUT2D eigenvalue weighted by molar-refractivity contribution is 0.354. The predicted molar refractivity (Wildman–Crippen MR) is 58.6 cm³/mol. The van der Waals surface area contributed by atoms with Crippen molar-refractivity contribution in [3.63, 3.8) is 0 Å². The molecular weight excluding hydrogens is 232 g/mol. The minimum Gasteiger partial charge on any atom is -0.467 e. The van der Waals surface area contributed by atoms with Crippen LogP contribution in [0.1, 0.15) is 25.7 Å². The van der Waals surface area contributed by atoms with Crippen molar-refractivity contribution in [3.05, 3.63) is 5.82 Å². The number of hydrogen-bond donors (Lipinski definition) is 1. The van der Waals surface area contributed by atoms with E-state index in [4.69, 9.17) is 4.74 Å². The number of aromatic nitrogens is 3. The number of ether oxygens (including phenoxy) is 1. The molecule has 0 bridgehead atoms. The highest BCUT2D eigenvalue weighted by Crippen LogP contribution is 2.16. The second kappa shape index (κ2) is 4.79. The second-order valence-electron chi connectivity index (χ2n) is 3.40. The van der Waals surface area contributed by atoms with Gasteiger partial charge in [0.2, 0.25) is 10.0 Å². The Morgan fingerprint density at radius 1 is 1.50 bits per heavy atom. The van der Waals surface area contributed by atoms with Crippen LogP contribution in [0, 0.1) is 0 Å². The summed E-state index contributed by atoms with van der Waals surface area (Å²) < 4.78 is 31.3. The van der Waals surface area contributed by atoms with Gasteiger partial charge in [0.05, 0.1) is 19.4 Å². The fourth-order valence-electron chi connectivity index (χ4n) is 1.44. The first kappa shape index (κ1) is 12.9. The molecule has 92 valence electrons. The molecule has 1 N–H and O–H groups in total. The van der Waals surface area contributed by atoms with Gasteiger partial charge >= 0.3 is 6.01 Å². The number of sulfonamides is 1. The number of rotatable bonds is 5. The Morgan fingerprint density at radius 3 is 2.56 bits per heavy atom. The Labute approximate surface area is 94.9 Å². The zero-order chi connectivity index (χ0) is 12.3. The molecular formula is C8H16N4O3S. The third kappa shape index (κ3) is 2.92.